The van der Waals surface area contributed by atoms with E-state index < -0.39 is 36.1 Å². The molecular formula is C7H7FNO6P. The third-order valence-electron chi connectivity index (χ3n) is 1.55. The van der Waals surface area contributed by atoms with Crippen molar-refractivity contribution in [2.75, 3.05) is 6.35 Å². The normalized spacial score (nSPS) is 14.2. The summed E-state index contributed by atoms with van der Waals surface area (Å²) in [6.07, 6.45) is -1.21. The van der Waals surface area contributed by atoms with E-state index in [1.54, 1.807) is 0 Å². The van der Waals surface area contributed by atoms with Crippen molar-refractivity contribution in [3.05, 3.63) is 34.1 Å². The van der Waals surface area contributed by atoms with Gasteiger partial charge < -0.3 is 14.5 Å². The smallest absolute Gasteiger partial charge is 0.401 e. The molecule has 0 amide bonds. The van der Waals surface area contributed by atoms with Gasteiger partial charge in [-0.05, 0) is 6.07 Å². The van der Waals surface area contributed by atoms with Gasteiger partial charge in [-0.2, -0.15) is 0 Å². The zero-order valence-electron chi connectivity index (χ0n) is 7.74. The van der Waals surface area contributed by atoms with Crippen molar-refractivity contribution in [3.63, 3.8) is 0 Å². The van der Waals surface area contributed by atoms with E-state index in [2.05, 4.69) is 4.52 Å². The second kappa shape index (κ2) is 4.56. The van der Waals surface area contributed by atoms with Crippen LogP contribution in [0.5, 0.6) is 5.75 Å². The van der Waals surface area contributed by atoms with Crippen molar-refractivity contribution in [2.45, 2.75) is 0 Å². The lowest BCUT2D eigenvalue weighted by atomic mass is 10.3. The van der Waals surface area contributed by atoms with Gasteiger partial charge >= 0.3 is 7.60 Å². The molecule has 0 saturated heterocycles. The largest absolute Gasteiger partial charge is 0.420 e. The van der Waals surface area contributed by atoms with Gasteiger partial charge in [-0.3, -0.25) is 10.1 Å². The molecule has 0 bridgehead atoms. The van der Waals surface area contributed by atoms with E-state index in [0.29, 0.717) is 6.07 Å². The van der Waals surface area contributed by atoms with Gasteiger partial charge in [0.2, 0.25) is 0 Å². The monoisotopic (exact) mass is 251 g/mol. The van der Waals surface area contributed by atoms with Crippen LogP contribution in [0.25, 0.3) is 0 Å². The predicted molar refractivity (Wildman–Crippen MR) is 50.6 cm³/mol. The Morgan fingerprint density at radius 1 is 1.56 bits per heavy atom. The summed E-state index contributed by atoms with van der Waals surface area (Å²) in [4.78, 5) is 18.4. The van der Waals surface area contributed by atoms with Crippen LogP contribution in [-0.2, 0) is 4.57 Å². The van der Waals surface area contributed by atoms with Crippen LogP contribution in [0.1, 0.15) is 0 Å². The zero-order chi connectivity index (χ0) is 12.3. The second-order valence-corrected chi connectivity index (χ2v) is 4.48. The summed E-state index contributed by atoms with van der Waals surface area (Å²) >= 11 is 0. The summed E-state index contributed by atoms with van der Waals surface area (Å²) < 4.78 is 28.2. The molecular weight excluding hydrogens is 244 g/mol. The Bertz CT molecular complexity index is 464. The molecule has 9 heteroatoms. The molecule has 16 heavy (non-hydrogen) atoms. The molecule has 1 rings (SSSR count). The van der Waals surface area contributed by atoms with E-state index in [1.165, 1.54) is 0 Å². The second-order valence-electron chi connectivity index (χ2n) is 2.74. The van der Waals surface area contributed by atoms with Crippen molar-refractivity contribution in [2.24, 2.45) is 0 Å². The average Bonchev–Trinajstić information content (AvgIpc) is 2.21. The molecule has 0 aliphatic carbocycles. The number of nitro groups is 1. The number of hydrogen-bond donors (Lipinski definition) is 2. The van der Waals surface area contributed by atoms with Crippen LogP contribution in [-0.4, -0.2) is 21.3 Å². The summed E-state index contributed by atoms with van der Waals surface area (Å²) in [5.74, 6) is -1.79. The van der Waals surface area contributed by atoms with Crippen LogP contribution in [0.15, 0.2) is 18.2 Å². The Morgan fingerprint density at radius 3 is 2.69 bits per heavy atom. The van der Waals surface area contributed by atoms with Crippen molar-refractivity contribution in [1.29, 1.82) is 0 Å². The summed E-state index contributed by atoms with van der Waals surface area (Å²) in [7, 11) is -4.38. The Balaban J connectivity index is 3.08. The van der Waals surface area contributed by atoms with Crippen LogP contribution >= 0.6 is 7.60 Å². The lowest BCUT2D eigenvalue weighted by Gasteiger charge is -2.10. The maximum atomic E-state index is 13.0. The molecule has 7 nitrogen and oxygen atoms in total. The van der Waals surface area contributed by atoms with Gasteiger partial charge in [0.05, 0.1) is 11.0 Å². The molecule has 88 valence electrons. The van der Waals surface area contributed by atoms with E-state index in [4.69, 9.17) is 10.00 Å². The average molecular weight is 251 g/mol. The molecule has 0 fully saturated rings. The maximum absolute atomic E-state index is 13.0. The molecule has 0 aliphatic rings. The third kappa shape index (κ3) is 2.99. The number of halogens is 1. The number of nitrogens with zero attached hydrogens (tertiary/aromatic N) is 1. The first-order chi connectivity index (χ1) is 7.35. The Kier molecular flexibility index (Phi) is 3.58. The molecule has 0 aliphatic heterocycles. The van der Waals surface area contributed by atoms with E-state index >= 15 is 0 Å². The Morgan fingerprint density at radius 2 is 2.19 bits per heavy atom. The van der Waals surface area contributed by atoms with Crippen molar-refractivity contribution in [1.82, 2.24) is 0 Å². The quantitative estimate of drug-likeness (QED) is 0.473. The van der Waals surface area contributed by atoms with E-state index in [-0.39, 0.29) is 0 Å². The molecule has 0 aromatic heterocycles. The predicted octanol–water partition coefficient (Wildman–Crippen LogP) is 1.25. The van der Waals surface area contributed by atoms with Gasteiger partial charge in [-0.25, -0.2) is 8.96 Å². The number of aliphatic hydroxyl groups excluding tert-OH is 1. The first kappa shape index (κ1) is 12.6. The highest BCUT2D eigenvalue weighted by atomic mass is 31.2. The molecule has 0 heterocycles. The molecule has 0 saturated carbocycles. The number of nitro benzene ring substituents is 1. The van der Waals surface area contributed by atoms with Crippen molar-refractivity contribution < 1.29 is 28.4 Å². The molecule has 1 atom stereocenters. The highest BCUT2D eigenvalue weighted by Crippen LogP contribution is 2.42. The minimum atomic E-state index is -4.38. The van der Waals surface area contributed by atoms with Gasteiger partial charge in [0.15, 0.2) is 17.9 Å². The van der Waals surface area contributed by atoms with Gasteiger partial charge in [0.25, 0.3) is 5.69 Å². The Hall–Kier alpha value is -1.50. The maximum Gasteiger partial charge on any atom is 0.401 e. The minimum absolute atomic E-state index is 0.491. The van der Waals surface area contributed by atoms with Crippen molar-refractivity contribution in [3.8, 4) is 5.75 Å². The van der Waals surface area contributed by atoms with Gasteiger partial charge in [0.1, 0.15) is 0 Å². The van der Waals surface area contributed by atoms with Crippen LogP contribution in [0.4, 0.5) is 10.1 Å². The fourth-order valence-corrected chi connectivity index (χ4v) is 1.36. The first-order valence-corrected chi connectivity index (χ1v) is 5.68. The third-order valence-corrected chi connectivity index (χ3v) is 2.38. The van der Waals surface area contributed by atoms with Crippen LogP contribution < -0.4 is 4.52 Å². The lowest BCUT2D eigenvalue weighted by molar-refractivity contribution is -0.385. The summed E-state index contributed by atoms with van der Waals surface area (Å²) in [6, 6.07) is 2.27. The lowest BCUT2D eigenvalue weighted by Crippen LogP contribution is -1.99. The van der Waals surface area contributed by atoms with E-state index in [0.717, 1.165) is 12.1 Å². The molecule has 1 aromatic carbocycles. The topological polar surface area (TPSA) is 110 Å². The fourth-order valence-electron chi connectivity index (χ4n) is 0.858. The van der Waals surface area contributed by atoms with E-state index in [1.807, 2.05) is 0 Å². The number of benzene rings is 1. The summed E-state index contributed by atoms with van der Waals surface area (Å²) in [5.41, 5.74) is -0.491. The molecule has 0 spiro atoms. The minimum Gasteiger partial charge on any atom is -0.420 e. The molecule has 1 unspecified atom stereocenters. The number of rotatable bonds is 4. The van der Waals surface area contributed by atoms with Crippen molar-refractivity contribution >= 4 is 13.3 Å². The van der Waals surface area contributed by atoms with Gasteiger partial charge in [-0.15, -0.1) is 0 Å². The van der Waals surface area contributed by atoms with Crippen LogP contribution in [0.3, 0.4) is 0 Å². The number of aliphatic hydroxyl groups is 1. The summed E-state index contributed by atoms with van der Waals surface area (Å²) in [5, 5.41) is 18.8. The Labute approximate surface area is 88.8 Å². The van der Waals surface area contributed by atoms with Crippen LogP contribution in [0, 0.1) is 15.9 Å². The van der Waals surface area contributed by atoms with Gasteiger partial charge in [-0.1, -0.05) is 0 Å². The number of hydrogen-bond acceptors (Lipinski definition) is 5. The number of non-ortho nitro benzene ring substituents is 1. The molecule has 2 N–H and O–H groups in total. The first-order valence-electron chi connectivity index (χ1n) is 3.92. The van der Waals surface area contributed by atoms with Gasteiger partial charge in [0, 0.05) is 6.07 Å². The highest BCUT2D eigenvalue weighted by Gasteiger charge is 2.23. The fraction of sp³-hybridized carbons (Fsp3) is 0.143. The van der Waals surface area contributed by atoms with Crippen LogP contribution in [0.2, 0.25) is 0 Å². The molecule has 0 radical (unpaired) electrons. The highest BCUT2D eigenvalue weighted by molar-refractivity contribution is 7.52. The molecule has 1 aromatic rings. The summed E-state index contributed by atoms with van der Waals surface area (Å²) in [6.45, 7) is 0. The SMILES string of the molecule is O=[N+]([O-])c1ccc(F)c(OP(=O)(O)CO)c1. The van der Waals surface area contributed by atoms with E-state index in [9.17, 15) is 19.1 Å². The zero-order valence-corrected chi connectivity index (χ0v) is 8.63. The standard InChI is InChI=1S/C7H7FNO6P/c8-6-2-1-5(9(11)12)3-7(6)15-16(13,14)4-10/h1-3,10H,4H2,(H,13,14).